The molecule has 1 aromatic rings. The maximum atomic E-state index is 6.02. The average molecular weight is 225 g/mol. The minimum atomic E-state index is 0.270. The first-order valence-corrected chi connectivity index (χ1v) is 5.72. The van der Waals surface area contributed by atoms with Crippen LogP contribution < -0.4 is 5.73 Å². The van der Waals surface area contributed by atoms with Crippen LogP contribution in [0.1, 0.15) is 44.4 Å². The molecule has 0 amide bonds. The smallest absolute Gasteiger partial charge is 0.142 e. The molecule has 2 nitrogen and oxygen atoms in total. The first kappa shape index (κ1) is 10.7. The minimum absolute atomic E-state index is 0.270. The number of halogens is 1. The quantitative estimate of drug-likeness (QED) is 0.734. The van der Waals surface area contributed by atoms with E-state index in [1.165, 1.54) is 5.56 Å². The number of anilines is 1. The van der Waals surface area contributed by atoms with Crippen molar-refractivity contribution in [3.63, 3.8) is 0 Å². The molecule has 1 unspecified atom stereocenters. The normalized spacial score (nSPS) is 20.4. The lowest BCUT2D eigenvalue weighted by Gasteiger charge is -2.27. The second-order valence-corrected chi connectivity index (χ2v) is 5.76. The molecule has 0 saturated carbocycles. The van der Waals surface area contributed by atoms with Gasteiger partial charge < -0.3 is 5.73 Å². The van der Waals surface area contributed by atoms with Gasteiger partial charge in [0.1, 0.15) is 5.82 Å². The molecule has 0 fully saturated rings. The molecule has 2 N–H and O–H groups in total. The van der Waals surface area contributed by atoms with Gasteiger partial charge in [-0.3, -0.25) is 0 Å². The van der Waals surface area contributed by atoms with Gasteiger partial charge in [-0.1, -0.05) is 32.4 Å². The van der Waals surface area contributed by atoms with Crippen molar-refractivity contribution in [1.29, 1.82) is 0 Å². The molecule has 1 aliphatic rings. The topological polar surface area (TPSA) is 38.9 Å². The number of hydrogen-bond donors (Lipinski definition) is 1. The Hall–Kier alpha value is -0.760. The highest BCUT2D eigenvalue weighted by Gasteiger charge is 2.33. The van der Waals surface area contributed by atoms with Crippen LogP contribution in [0.25, 0.3) is 0 Å². The van der Waals surface area contributed by atoms with Gasteiger partial charge in [0.2, 0.25) is 0 Å². The highest BCUT2D eigenvalue weighted by atomic mass is 35.5. The van der Waals surface area contributed by atoms with Gasteiger partial charge in [-0.25, -0.2) is 4.98 Å². The summed E-state index contributed by atoms with van der Waals surface area (Å²) < 4.78 is 0. The average Bonchev–Trinajstić information content (AvgIpc) is 2.47. The zero-order chi connectivity index (χ0) is 11.2. The fourth-order valence-corrected chi connectivity index (χ4v) is 2.55. The lowest BCUT2D eigenvalue weighted by molar-refractivity contribution is 0.319. The fourth-order valence-electron chi connectivity index (χ4n) is 2.40. The van der Waals surface area contributed by atoms with Crippen LogP contribution in [-0.2, 0) is 6.42 Å². The van der Waals surface area contributed by atoms with Crippen LogP contribution in [0.5, 0.6) is 0 Å². The SMILES string of the molecule is CC(C)(C)C1CCc2nc(N)c(Cl)cc21. The van der Waals surface area contributed by atoms with Crippen LogP contribution in [0.15, 0.2) is 6.07 Å². The Morgan fingerprint density at radius 1 is 1.47 bits per heavy atom. The van der Waals surface area contributed by atoms with Crippen molar-refractivity contribution < 1.29 is 0 Å². The molecule has 15 heavy (non-hydrogen) atoms. The molecule has 1 heterocycles. The third-order valence-corrected chi connectivity index (χ3v) is 3.51. The van der Waals surface area contributed by atoms with E-state index in [2.05, 4.69) is 25.8 Å². The van der Waals surface area contributed by atoms with E-state index in [1.807, 2.05) is 6.07 Å². The van der Waals surface area contributed by atoms with Crippen LogP contribution in [0.3, 0.4) is 0 Å². The van der Waals surface area contributed by atoms with Gasteiger partial charge in [-0.15, -0.1) is 0 Å². The molecule has 1 aromatic heterocycles. The molecule has 2 rings (SSSR count). The predicted octanol–water partition coefficient (Wildman–Crippen LogP) is 3.39. The van der Waals surface area contributed by atoms with E-state index in [0.29, 0.717) is 16.8 Å². The molecular weight excluding hydrogens is 208 g/mol. The lowest BCUT2D eigenvalue weighted by Crippen LogP contribution is -2.16. The summed E-state index contributed by atoms with van der Waals surface area (Å²) in [4.78, 5) is 4.36. The van der Waals surface area contributed by atoms with E-state index in [4.69, 9.17) is 17.3 Å². The molecule has 3 heteroatoms. The number of aromatic nitrogens is 1. The Labute approximate surface area is 95.8 Å². The van der Waals surface area contributed by atoms with Crippen LogP contribution in [0, 0.1) is 5.41 Å². The zero-order valence-electron chi connectivity index (χ0n) is 9.47. The Morgan fingerprint density at radius 2 is 2.13 bits per heavy atom. The van der Waals surface area contributed by atoms with Crippen molar-refractivity contribution in [3.8, 4) is 0 Å². The van der Waals surface area contributed by atoms with Crippen LogP contribution in [0.4, 0.5) is 5.82 Å². The summed E-state index contributed by atoms with van der Waals surface area (Å²) in [6.07, 6.45) is 2.18. The molecule has 0 saturated heterocycles. The van der Waals surface area contributed by atoms with Gasteiger partial charge in [0.15, 0.2) is 0 Å². The highest BCUT2D eigenvalue weighted by Crippen LogP contribution is 2.45. The van der Waals surface area contributed by atoms with E-state index in [0.717, 1.165) is 18.5 Å². The minimum Gasteiger partial charge on any atom is -0.382 e. The summed E-state index contributed by atoms with van der Waals surface area (Å²) in [7, 11) is 0. The van der Waals surface area contributed by atoms with Gasteiger partial charge >= 0.3 is 0 Å². The zero-order valence-corrected chi connectivity index (χ0v) is 10.2. The molecule has 0 aliphatic heterocycles. The summed E-state index contributed by atoms with van der Waals surface area (Å²) in [5.74, 6) is 1.02. The number of fused-ring (bicyclic) bond motifs is 1. The van der Waals surface area contributed by atoms with Crippen molar-refractivity contribution >= 4 is 17.4 Å². The fraction of sp³-hybridized carbons (Fsp3) is 0.583. The van der Waals surface area contributed by atoms with Gasteiger partial charge in [-0.05, 0) is 35.8 Å². The molecule has 82 valence electrons. The summed E-state index contributed by atoms with van der Waals surface area (Å²) in [5, 5.41) is 0.588. The van der Waals surface area contributed by atoms with Crippen LogP contribution in [0.2, 0.25) is 5.02 Å². The summed E-state index contributed by atoms with van der Waals surface area (Å²) in [6.45, 7) is 6.78. The van der Waals surface area contributed by atoms with E-state index in [1.54, 1.807) is 0 Å². The van der Waals surface area contributed by atoms with E-state index >= 15 is 0 Å². The van der Waals surface area contributed by atoms with E-state index in [-0.39, 0.29) is 5.41 Å². The molecule has 0 bridgehead atoms. The highest BCUT2D eigenvalue weighted by molar-refractivity contribution is 6.32. The first-order valence-electron chi connectivity index (χ1n) is 5.34. The number of nitrogens with two attached hydrogens (primary N) is 1. The Morgan fingerprint density at radius 3 is 2.73 bits per heavy atom. The van der Waals surface area contributed by atoms with Gasteiger partial charge in [0, 0.05) is 5.69 Å². The van der Waals surface area contributed by atoms with Crippen molar-refractivity contribution in [1.82, 2.24) is 4.98 Å². The van der Waals surface area contributed by atoms with Gasteiger partial charge in [0.05, 0.1) is 5.02 Å². The van der Waals surface area contributed by atoms with Gasteiger partial charge in [-0.2, -0.15) is 0 Å². The second-order valence-electron chi connectivity index (χ2n) is 5.35. The Bertz CT molecular complexity index is 393. The van der Waals surface area contributed by atoms with Crippen molar-refractivity contribution in [2.24, 2.45) is 5.41 Å². The van der Waals surface area contributed by atoms with E-state index in [9.17, 15) is 0 Å². The standard InChI is InChI=1S/C12H17ClN2/c1-12(2,3)8-4-5-10-7(8)6-9(13)11(14)15-10/h6,8H,4-5H2,1-3H3,(H2,14,15). The van der Waals surface area contributed by atoms with Gasteiger partial charge in [0.25, 0.3) is 0 Å². The number of nitrogen functional groups attached to an aromatic ring is 1. The third kappa shape index (κ3) is 1.83. The van der Waals surface area contributed by atoms with Crippen molar-refractivity contribution in [2.45, 2.75) is 39.5 Å². The summed E-state index contributed by atoms with van der Waals surface area (Å²) in [5.41, 5.74) is 8.40. The van der Waals surface area contributed by atoms with E-state index < -0.39 is 0 Å². The molecule has 1 atom stereocenters. The van der Waals surface area contributed by atoms with Crippen LogP contribution >= 0.6 is 11.6 Å². The summed E-state index contributed by atoms with van der Waals surface area (Å²) in [6, 6.07) is 2.00. The molecule has 0 spiro atoms. The van der Waals surface area contributed by atoms with Crippen molar-refractivity contribution in [2.75, 3.05) is 5.73 Å². The number of aryl methyl sites for hydroxylation is 1. The van der Waals surface area contributed by atoms with Crippen molar-refractivity contribution in [3.05, 3.63) is 22.3 Å². The molecule has 0 aromatic carbocycles. The Balaban J connectivity index is 2.47. The number of hydrogen-bond acceptors (Lipinski definition) is 2. The molecular formula is C12H17ClN2. The maximum Gasteiger partial charge on any atom is 0.142 e. The molecule has 1 aliphatic carbocycles. The maximum absolute atomic E-state index is 6.02. The first-order chi connectivity index (χ1) is 6.89. The summed E-state index contributed by atoms with van der Waals surface area (Å²) >= 11 is 6.02. The lowest BCUT2D eigenvalue weighted by atomic mass is 9.77. The monoisotopic (exact) mass is 224 g/mol. The second kappa shape index (κ2) is 3.38. The number of nitrogens with zero attached hydrogens (tertiary/aromatic N) is 1. The predicted molar refractivity (Wildman–Crippen MR) is 64.2 cm³/mol. The third-order valence-electron chi connectivity index (χ3n) is 3.21. The number of rotatable bonds is 0. The number of pyridine rings is 1. The van der Waals surface area contributed by atoms with Crippen LogP contribution in [-0.4, -0.2) is 4.98 Å². The Kier molecular flexibility index (Phi) is 2.42. The molecule has 0 radical (unpaired) electrons. The largest absolute Gasteiger partial charge is 0.382 e.